The van der Waals surface area contributed by atoms with E-state index in [2.05, 4.69) is 15.6 Å². The predicted molar refractivity (Wildman–Crippen MR) is 91.9 cm³/mol. The molecular formula is C18H16F3N3O2. The van der Waals surface area contributed by atoms with Crippen molar-refractivity contribution in [2.45, 2.75) is 26.1 Å². The number of halogens is 3. The first-order valence-corrected chi connectivity index (χ1v) is 7.84. The van der Waals surface area contributed by atoms with Crippen molar-refractivity contribution in [3.8, 4) is 0 Å². The zero-order valence-corrected chi connectivity index (χ0v) is 14.0. The zero-order valence-electron chi connectivity index (χ0n) is 14.0. The van der Waals surface area contributed by atoms with Crippen LogP contribution in [0.2, 0.25) is 0 Å². The number of hydrogen-bond donors (Lipinski definition) is 2. The minimum Gasteiger partial charge on any atom is -0.441 e. The van der Waals surface area contributed by atoms with E-state index >= 15 is 0 Å². The topological polar surface area (TPSA) is 67.2 Å². The summed E-state index contributed by atoms with van der Waals surface area (Å²) < 4.78 is 43.6. The maximum Gasteiger partial charge on any atom is 0.416 e. The number of rotatable bonds is 4. The normalized spacial score (nSPS) is 12.8. The maximum atomic E-state index is 12.7. The number of benzene rings is 2. The fourth-order valence-corrected chi connectivity index (χ4v) is 2.47. The lowest BCUT2D eigenvalue weighted by molar-refractivity contribution is -0.137. The third kappa shape index (κ3) is 3.96. The van der Waals surface area contributed by atoms with E-state index in [4.69, 9.17) is 4.42 Å². The quantitative estimate of drug-likeness (QED) is 0.711. The van der Waals surface area contributed by atoms with Gasteiger partial charge in [0.1, 0.15) is 11.6 Å². The molecule has 2 N–H and O–H groups in total. The second-order valence-electron chi connectivity index (χ2n) is 5.85. The van der Waals surface area contributed by atoms with Crippen LogP contribution in [0.15, 0.2) is 46.9 Å². The maximum absolute atomic E-state index is 12.7. The first-order chi connectivity index (χ1) is 12.2. The monoisotopic (exact) mass is 363 g/mol. The van der Waals surface area contributed by atoms with E-state index in [-0.39, 0.29) is 5.69 Å². The molecule has 3 rings (SSSR count). The molecule has 0 aliphatic heterocycles. The third-order valence-corrected chi connectivity index (χ3v) is 3.73. The number of carbonyl (C=O) groups excluding carboxylic acids is 1. The minimum absolute atomic E-state index is 0.0843. The van der Waals surface area contributed by atoms with E-state index in [1.165, 1.54) is 12.1 Å². The van der Waals surface area contributed by atoms with Gasteiger partial charge in [-0.3, -0.25) is 4.79 Å². The SMILES string of the molecule is Cc1nc2cc(N[C@H](C)C(=O)Nc3cccc(C(F)(F)F)c3)ccc2o1. The Bertz CT molecular complexity index is 950. The number of aromatic nitrogens is 1. The van der Waals surface area contributed by atoms with Crippen LogP contribution in [0.3, 0.4) is 0 Å². The molecule has 5 nitrogen and oxygen atoms in total. The van der Waals surface area contributed by atoms with Gasteiger partial charge < -0.3 is 15.1 Å². The van der Waals surface area contributed by atoms with Gasteiger partial charge in [-0.15, -0.1) is 0 Å². The summed E-state index contributed by atoms with van der Waals surface area (Å²) >= 11 is 0. The first-order valence-electron chi connectivity index (χ1n) is 7.84. The van der Waals surface area contributed by atoms with Crippen LogP contribution in [0.5, 0.6) is 0 Å². The van der Waals surface area contributed by atoms with Crippen LogP contribution < -0.4 is 10.6 Å². The summed E-state index contributed by atoms with van der Waals surface area (Å²) in [5, 5.41) is 5.47. The Morgan fingerprint density at radius 1 is 1.15 bits per heavy atom. The average Bonchev–Trinajstić information content (AvgIpc) is 2.93. The van der Waals surface area contributed by atoms with Gasteiger partial charge >= 0.3 is 6.18 Å². The molecule has 136 valence electrons. The van der Waals surface area contributed by atoms with Crippen LogP contribution in [0, 0.1) is 6.92 Å². The molecule has 0 aliphatic rings. The van der Waals surface area contributed by atoms with E-state index < -0.39 is 23.7 Å². The molecule has 0 radical (unpaired) electrons. The second-order valence-corrected chi connectivity index (χ2v) is 5.85. The number of nitrogens with one attached hydrogen (secondary N) is 2. The van der Waals surface area contributed by atoms with Crippen molar-refractivity contribution >= 4 is 28.4 Å². The van der Waals surface area contributed by atoms with E-state index in [0.29, 0.717) is 22.7 Å². The van der Waals surface area contributed by atoms with Gasteiger partial charge in [-0.1, -0.05) is 6.07 Å². The summed E-state index contributed by atoms with van der Waals surface area (Å²) in [4.78, 5) is 16.5. The largest absolute Gasteiger partial charge is 0.441 e. The van der Waals surface area contributed by atoms with Crippen molar-refractivity contribution in [3.05, 3.63) is 53.9 Å². The Labute approximate surface area is 147 Å². The van der Waals surface area contributed by atoms with E-state index in [0.717, 1.165) is 12.1 Å². The van der Waals surface area contributed by atoms with Crippen LogP contribution in [0.1, 0.15) is 18.4 Å². The Morgan fingerprint density at radius 3 is 2.65 bits per heavy atom. The highest BCUT2D eigenvalue weighted by Gasteiger charge is 2.30. The van der Waals surface area contributed by atoms with Gasteiger partial charge in [-0.25, -0.2) is 4.98 Å². The highest BCUT2D eigenvalue weighted by Crippen LogP contribution is 2.30. The average molecular weight is 363 g/mol. The molecule has 1 heterocycles. The molecule has 0 bridgehead atoms. The molecule has 0 saturated carbocycles. The standard InChI is InChI=1S/C18H16F3N3O2/c1-10(22-14-6-7-16-15(9-14)23-11(2)26-16)17(25)24-13-5-3-4-12(8-13)18(19,20)21/h3-10,22H,1-2H3,(H,24,25)/t10-/m1/s1. The number of oxazole rings is 1. The molecule has 0 unspecified atom stereocenters. The van der Waals surface area contributed by atoms with Crippen molar-refractivity contribution in [1.29, 1.82) is 0 Å². The van der Waals surface area contributed by atoms with E-state index in [1.807, 2.05) is 0 Å². The van der Waals surface area contributed by atoms with Gasteiger partial charge in [0.25, 0.3) is 0 Å². The van der Waals surface area contributed by atoms with Crippen molar-refractivity contribution in [2.24, 2.45) is 0 Å². The Hall–Kier alpha value is -3.03. The molecule has 0 aliphatic carbocycles. The number of hydrogen-bond acceptors (Lipinski definition) is 4. The summed E-state index contributed by atoms with van der Waals surface area (Å²) in [6.07, 6.45) is -4.46. The third-order valence-electron chi connectivity index (χ3n) is 3.73. The molecule has 26 heavy (non-hydrogen) atoms. The fraction of sp³-hybridized carbons (Fsp3) is 0.222. The summed E-state index contributed by atoms with van der Waals surface area (Å²) in [7, 11) is 0. The molecule has 1 amide bonds. The molecule has 8 heteroatoms. The zero-order chi connectivity index (χ0) is 18.9. The van der Waals surface area contributed by atoms with Crippen LogP contribution in [-0.4, -0.2) is 16.9 Å². The van der Waals surface area contributed by atoms with Crippen molar-refractivity contribution in [3.63, 3.8) is 0 Å². The van der Waals surface area contributed by atoms with Gasteiger partial charge in [0, 0.05) is 18.3 Å². The Kier molecular flexibility index (Phi) is 4.58. The molecule has 0 saturated heterocycles. The van der Waals surface area contributed by atoms with Gasteiger partial charge in [0.2, 0.25) is 5.91 Å². The predicted octanol–water partition coefficient (Wildman–Crippen LogP) is 4.59. The number of anilines is 2. The lowest BCUT2D eigenvalue weighted by atomic mass is 10.2. The van der Waals surface area contributed by atoms with Crippen molar-refractivity contribution < 1.29 is 22.4 Å². The summed E-state index contributed by atoms with van der Waals surface area (Å²) in [5.74, 6) is 0.0771. The number of aryl methyl sites for hydroxylation is 1. The second kappa shape index (κ2) is 6.70. The van der Waals surface area contributed by atoms with Crippen molar-refractivity contribution in [2.75, 3.05) is 10.6 Å². The van der Waals surface area contributed by atoms with Gasteiger partial charge in [-0.05, 0) is 43.3 Å². The highest BCUT2D eigenvalue weighted by molar-refractivity contribution is 5.96. The fourth-order valence-electron chi connectivity index (χ4n) is 2.47. The van der Waals surface area contributed by atoms with E-state index in [9.17, 15) is 18.0 Å². The minimum atomic E-state index is -4.46. The number of fused-ring (bicyclic) bond motifs is 1. The summed E-state index contributed by atoms with van der Waals surface area (Å²) in [5.41, 5.74) is 1.20. The van der Waals surface area contributed by atoms with Gasteiger partial charge in [0.05, 0.1) is 5.56 Å². The van der Waals surface area contributed by atoms with Crippen LogP contribution in [0.4, 0.5) is 24.5 Å². The van der Waals surface area contributed by atoms with Crippen LogP contribution in [-0.2, 0) is 11.0 Å². The van der Waals surface area contributed by atoms with Gasteiger partial charge in [0.15, 0.2) is 11.5 Å². The Balaban J connectivity index is 1.69. The van der Waals surface area contributed by atoms with Crippen LogP contribution >= 0.6 is 0 Å². The lowest BCUT2D eigenvalue weighted by Crippen LogP contribution is -2.31. The van der Waals surface area contributed by atoms with Crippen molar-refractivity contribution in [1.82, 2.24) is 4.98 Å². The number of amides is 1. The smallest absolute Gasteiger partial charge is 0.416 e. The first kappa shape index (κ1) is 17.8. The number of alkyl halides is 3. The number of carbonyl (C=O) groups is 1. The molecule has 3 aromatic rings. The molecule has 2 aromatic carbocycles. The number of nitrogens with zero attached hydrogens (tertiary/aromatic N) is 1. The Morgan fingerprint density at radius 2 is 1.92 bits per heavy atom. The van der Waals surface area contributed by atoms with Crippen LogP contribution in [0.25, 0.3) is 11.1 Å². The molecule has 1 aromatic heterocycles. The lowest BCUT2D eigenvalue weighted by Gasteiger charge is -2.16. The highest BCUT2D eigenvalue weighted by atomic mass is 19.4. The van der Waals surface area contributed by atoms with E-state index in [1.54, 1.807) is 32.0 Å². The molecular weight excluding hydrogens is 347 g/mol. The molecule has 0 fully saturated rings. The molecule has 1 atom stereocenters. The van der Waals surface area contributed by atoms with Gasteiger partial charge in [-0.2, -0.15) is 13.2 Å². The summed E-state index contributed by atoms with van der Waals surface area (Å²) in [6, 6.07) is 9.04. The summed E-state index contributed by atoms with van der Waals surface area (Å²) in [6.45, 7) is 3.35. The molecule has 0 spiro atoms.